The summed E-state index contributed by atoms with van der Waals surface area (Å²) in [4.78, 5) is 12.0. The molecule has 0 saturated heterocycles. The number of aromatic nitrogens is 3. The Labute approximate surface area is 113 Å². The fourth-order valence-corrected chi connectivity index (χ4v) is 1.99. The molecule has 0 saturated carbocycles. The van der Waals surface area contributed by atoms with Crippen molar-refractivity contribution in [2.45, 2.75) is 0 Å². The van der Waals surface area contributed by atoms with E-state index in [4.69, 9.17) is 11.6 Å². The van der Waals surface area contributed by atoms with Crippen LogP contribution >= 0.6 is 11.6 Å². The van der Waals surface area contributed by atoms with Crippen molar-refractivity contribution in [3.05, 3.63) is 59.2 Å². The molecule has 3 rings (SSSR count). The molecule has 0 fully saturated rings. The minimum absolute atomic E-state index is 0.255. The number of nitrogens with zero attached hydrogens (tertiary/aromatic N) is 3. The first kappa shape index (κ1) is 11.7. The molecule has 0 unspecified atom stereocenters. The highest BCUT2D eigenvalue weighted by Gasteiger charge is 2.12. The van der Waals surface area contributed by atoms with Gasteiger partial charge in [-0.3, -0.25) is 14.5 Å². The van der Waals surface area contributed by atoms with E-state index >= 15 is 0 Å². The van der Waals surface area contributed by atoms with Gasteiger partial charge in [0, 0.05) is 5.56 Å². The molecule has 3 aromatic rings. The normalized spacial score (nSPS) is 10.6. The third-order valence-corrected chi connectivity index (χ3v) is 2.94. The van der Waals surface area contributed by atoms with Crippen molar-refractivity contribution in [2.75, 3.05) is 5.32 Å². The number of amides is 1. The number of benzene rings is 1. The van der Waals surface area contributed by atoms with Gasteiger partial charge in [0.2, 0.25) is 5.95 Å². The topological polar surface area (TPSA) is 59.3 Å². The maximum Gasteiger partial charge on any atom is 0.258 e. The Morgan fingerprint density at radius 1 is 1.05 bits per heavy atom. The van der Waals surface area contributed by atoms with Crippen molar-refractivity contribution in [1.29, 1.82) is 0 Å². The lowest BCUT2D eigenvalue weighted by atomic mass is 10.2. The van der Waals surface area contributed by atoms with Crippen LogP contribution in [0.4, 0.5) is 5.95 Å². The van der Waals surface area contributed by atoms with E-state index in [0.29, 0.717) is 22.3 Å². The van der Waals surface area contributed by atoms with E-state index in [1.54, 1.807) is 46.9 Å². The number of anilines is 1. The molecule has 0 aliphatic heterocycles. The quantitative estimate of drug-likeness (QED) is 0.730. The van der Waals surface area contributed by atoms with Gasteiger partial charge in [-0.05, 0) is 24.3 Å². The van der Waals surface area contributed by atoms with E-state index in [1.807, 2.05) is 6.07 Å². The highest BCUT2D eigenvalue weighted by molar-refractivity contribution is 6.30. The number of carbonyl (C=O) groups excluding carboxylic acids is 1. The number of nitrogens with one attached hydrogen (secondary N) is 1. The molecular weight excluding hydrogens is 264 g/mol. The summed E-state index contributed by atoms with van der Waals surface area (Å²) in [7, 11) is 0. The average Bonchev–Trinajstić information content (AvgIpc) is 2.84. The molecule has 0 spiro atoms. The Morgan fingerprint density at radius 2 is 1.84 bits per heavy atom. The Kier molecular flexibility index (Phi) is 2.89. The molecule has 0 aliphatic carbocycles. The minimum atomic E-state index is -0.255. The Hall–Kier alpha value is -2.40. The molecule has 1 amide bonds. The van der Waals surface area contributed by atoms with Crippen LogP contribution in [0.3, 0.4) is 0 Å². The second-order valence-electron chi connectivity index (χ2n) is 3.89. The predicted molar refractivity (Wildman–Crippen MR) is 72.4 cm³/mol. The summed E-state index contributed by atoms with van der Waals surface area (Å²) in [6.07, 6.45) is 0. The summed E-state index contributed by atoms with van der Waals surface area (Å²) in [6, 6.07) is 14.1. The number of hydrogen-bond acceptors (Lipinski definition) is 3. The predicted octanol–water partition coefficient (Wildman–Crippen LogP) is 2.64. The summed E-state index contributed by atoms with van der Waals surface area (Å²) >= 11 is 6.06. The minimum Gasteiger partial charge on any atom is -0.290 e. The monoisotopic (exact) mass is 272 g/mol. The maximum absolute atomic E-state index is 12.0. The van der Waals surface area contributed by atoms with Gasteiger partial charge in [-0.15, -0.1) is 10.2 Å². The molecular formula is C13H9ClN4O. The van der Waals surface area contributed by atoms with Gasteiger partial charge < -0.3 is 0 Å². The summed E-state index contributed by atoms with van der Waals surface area (Å²) in [5.41, 5.74) is 1.13. The Morgan fingerprint density at radius 3 is 2.63 bits per heavy atom. The summed E-state index contributed by atoms with van der Waals surface area (Å²) in [5.74, 6) is 0.0456. The smallest absolute Gasteiger partial charge is 0.258 e. The zero-order chi connectivity index (χ0) is 13.2. The van der Waals surface area contributed by atoms with Crippen LogP contribution in [-0.2, 0) is 0 Å². The van der Waals surface area contributed by atoms with E-state index in [0.717, 1.165) is 0 Å². The number of pyridine rings is 1. The van der Waals surface area contributed by atoms with Crippen LogP contribution < -0.4 is 5.32 Å². The maximum atomic E-state index is 12.0. The van der Waals surface area contributed by atoms with Gasteiger partial charge in [-0.25, -0.2) is 0 Å². The van der Waals surface area contributed by atoms with Crippen LogP contribution in [0.5, 0.6) is 0 Å². The van der Waals surface area contributed by atoms with Crippen LogP contribution in [0.15, 0.2) is 48.5 Å². The van der Waals surface area contributed by atoms with Crippen molar-refractivity contribution >= 4 is 29.1 Å². The molecule has 0 bridgehead atoms. The average molecular weight is 273 g/mol. The lowest BCUT2D eigenvalue weighted by Gasteiger charge is -2.04. The first-order valence-electron chi connectivity index (χ1n) is 5.62. The van der Waals surface area contributed by atoms with Gasteiger partial charge in [-0.1, -0.05) is 35.9 Å². The van der Waals surface area contributed by atoms with Crippen molar-refractivity contribution in [2.24, 2.45) is 0 Å². The number of rotatable bonds is 2. The van der Waals surface area contributed by atoms with Gasteiger partial charge >= 0.3 is 0 Å². The van der Waals surface area contributed by atoms with Gasteiger partial charge in [0.25, 0.3) is 5.91 Å². The molecule has 2 heterocycles. The lowest BCUT2D eigenvalue weighted by molar-refractivity contribution is 0.102. The zero-order valence-corrected chi connectivity index (χ0v) is 10.5. The highest BCUT2D eigenvalue weighted by Crippen LogP contribution is 2.17. The lowest BCUT2D eigenvalue weighted by Crippen LogP contribution is -2.14. The SMILES string of the molecule is O=C(Nc1nnc2cccc(Cl)n12)c1ccccc1. The van der Waals surface area contributed by atoms with Crippen molar-refractivity contribution in [3.8, 4) is 0 Å². The molecule has 1 aromatic carbocycles. The van der Waals surface area contributed by atoms with E-state index in [9.17, 15) is 4.79 Å². The third-order valence-electron chi connectivity index (χ3n) is 2.64. The van der Waals surface area contributed by atoms with Crippen LogP contribution in [0.2, 0.25) is 5.15 Å². The molecule has 2 aromatic heterocycles. The van der Waals surface area contributed by atoms with Crippen molar-refractivity contribution in [1.82, 2.24) is 14.6 Å². The largest absolute Gasteiger partial charge is 0.290 e. The fourth-order valence-electron chi connectivity index (χ4n) is 1.75. The Balaban J connectivity index is 1.96. The molecule has 6 heteroatoms. The molecule has 94 valence electrons. The van der Waals surface area contributed by atoms with E-state index < -0.39 is 0 Å². The van der Waals surface area contributed by atoms with Crippen LogP contribution in [0.1, 0.15) is 10.4 Å². The van der Waals surface area contributed by atoms with Gasteiger partial charge in [-0.2, -0.15) is 0 Å². The van der Waals surface area contributed by atoms with E-state index in [2.05, 4.69) is 15.5 Å². The van der Waals surface area contributed by atoms with E-state index in [1.165, 1.54) is 0 Å². The molecule has 0 radical (unpaired) electrons. The standard InChI is InChI=1S/C13H9ClN4O/c14-10-7-4-8-11-16-17-13(18(10)11)15-12(19)9-5-2-1-3-6-9/h1-8H,(H,15,17,19). The molecule has 19 heavy (non-hydrogen) atoms. The molecule has 0 aliphatic rings. The van der Waals surface area contributed by atoms with E-state index in [-0.39, 0.29) is 5.91 Å². The van der Waals surface area contributed by atoms with Crippen LogP contribution in [0.25, 0.3) is 5.65 Å². The van der Waals surface area contributed by atoms with Crippen LogP contribution in [-0.4, -0.2) is 20.5 Å². The molecule has 5 nitrogen and oxygen atoms in total. The summed E-state index contributed by atoms with van der Waals surface area (Å²) in [5, 5.41) is 11.0. The zero-order valence-electron chi connectivity index (χ0n) is 9.75. The number of hydrogen-bond donors (Lipinski definition) is 1. The fraction of sp³-hybridized carbons (Fsp3) is 0. The molecule has 0 atom stereocenters. The number of carbonyl (C=O) groups is 1. The third kappa shape index (κ3) is 2.15. The van der Waals surface area contributed by atoms with Gasteiger partial charge in [0.05, 0.1) is 0 Å². The van der Waals surface area contributed by atoms with Gasteiger partial charge in [0.15, 0.2) is 5.65 Å². The summed E-state index contributed by atoms with van der Waals surface area (Å²) < 4.78 is 1.57. The molecule has 1 N–H and O–H groups in total. The number of fused-ring (bicyclic) bond motifs is 1. The number of halogens is 1. The van der Waals surface area contributed by atoms with Crippen molar-refractivity contribution < 1.29 is 4.79 Å². The second-order valence-corrected chi connectivity index (χ2v) is 4.27. The Bertz CT molecular complexity index is 739. The van der Waals surface area contributed by atoms with Crippen molar-refractivity contribution in [3.63, 3.8) is 0 Å². The van der Waals surface area contributed by atoms with Crippen LogP contribution in [0, 0.1) is 0 Å². The highest BCUT2D eigenvalue weighted by atomic mass is 35.5. The second kappa shape index (κ2) is 4.70. The first-order valence-corrected chi connectivity index (χ1v) is 5.99. The summed E-state index contributed by atoms with van der Waals surface area (Å²) in [6.45, 7) is 0. The first-order chi connectivity index (χ1) is 9.25. The van der Waals surface area contributed by atoms with Gasteiger partial charge in [0.1, 0.15) is 5.15 Å².